The van der Waals surface area contributed by atoms with Gasteiger partial charge in [0.15, 0.2) is 5.50 Å². The van der Waals surface area contributed by atoms with Crippen LogP contribution in [0.2, 0.25) is 0 Å². The average Bonchev–Trinajstić information content (AvgIpc) is 3.04. The van der Waals surface area contributed by atoms with E-state index in [1.54, 1.807) is 43.3 Å². The fourth-order valence-electron chi connectivity index (χ4n) is 4.48. The molecular formula is C25H22F3N3O3S. The number of amides is 1. The molecule has 1 aliphatic heterocycles. The van der Waals surface area contributed by atoms with Crippen LogP contribution in [0.15, 0.2) is 48.5 Å². The molecule has 10 heteroatoms. The van der Waals surface area contributed by atoms with Crippen LogP contribution in [-0.4, -0.2) is 29.5 Å². The number of esters is 1. The first kappa shape index (κ1) is 24.7. The van der Waals surface area contributed by atoms with Crippen molar-refractivity contribution in [3.05, 3.63) is 65.2 Å². The molecule has 2 fully saturated rings. The minimum absolute atomic E-state index is 0.0316. The van der Waals surface area contributed by atoms with Gasteiger partial charge < -0.3 is 9.64 Å². The molecular weight excluding hydrogens is 479 g/mol. The molecule has 182 valence electrons. The van der Waals surface area contributed by atoms with Gasteiger partial charge in [0, 0.05) is 17.5 Å². The third-order valence-electron chi connectivity index (χ3n) is 6.30. The van der Waals surface area contributed by atoms with Crippen molar-refractivity contribution in [1.29, 1.82) is 5.26 Å². The number of anilines is 2. The van der Waals surface area contributed by atoms with Crippen molar-refractivity contribution in [2.45, 2.75) is 43.4 Å². The van der Waals surface area contributed by atoms with Gasteiger partial charge in [0.2, 0.25) is 0 Å². The van der Waals surface area contributed by atoms with E-state index in [1.807, 2.05) is 4.90 Å². The number of hydrogen-bond donors (Lipinski definition) is 1. The lowest BCUT2D eigenvalue weighted by atomic mass is 9.75. The summed E-state index contributed by atoms with van der Waals surface area (Å²) in [5.74, 6) is -0.783. The summed E-state index contributed by atoms with van der Waals surface area (Å²) in [5.41, 5.74) is -1.90. The monoisotopic (exact) mass is 501 g/mol. The summed E-state index contributed by atoms with van der Waals surface area (Å²) in [4.78, 5) is 28.2. The van der Waals surface area contributed by atoms with Crippen molar-refractivity contribution < 1.29 is 27.5 Å². The zero-order chi connectivity index (χ0) is 25.4. The van der Waals surface area contributed by atoms with Crippen molar-refractivity contribution >= 4 is 42.0 Å². The Morgan fingerprint density at radius 2 is 1.89 bits per heavy atom. The molecule has 35 heavy (non-hydrogen) atoms. The van der Waals surface area contributed by atoms with Crippen LogP contribution >= 0.6 is 12.6 Å². The highest BCUT2D eigenvalue weighted by Crippen LogP contribution is 2.50. The maximum atomic E-state index is 13.6. The number of ether oxygens (including phenoxy) is 1. The highest BCUT2D eigenvalue weighted by molar-refractivity contribution is 7.81. The molecule has 1 saturated heterocycles. The number of rotatable bonds is 5. The average molecular weight is 502 g/mol. The number of nitrogens with zero attached hydrogens (tertiary/aromatic N) is 3. The summed E-state index contributed by atoms with van der Waals surface area (Å²) >= 11 is 4.65. The van der Waals surface area contributed by atoms with E-state index in [0.717, 1.165) is 24.1 Å². The molecule has 2 aliphatic rings. The van der Waals surface area contributed by atoms with Crippen molar-refractivity contribution in [2.75, 3.05) is 16.4 Å². The molecule has 0 aromatic heterocycles. The van der Waals surface area contributed by atoms with Crippen LogP contribution in [-0.2, 0) is 20.5 Å². The fraction of sp³-hybridized carbons (Fsp3) is 0.320. The van der Waals surface area contributed by atoms with E-state index >= 15 is 0 Å². The van der Waals surface area contributed by atoms with Crippen LogP contribution in [0.3, 0.4) is 0 Å². The van der Waals surface area contributed by atoms with E-state index in [1.165, 1.54) is 17.0 Å². The molecule has 4 rings (SSSR count). The van der Waals surface area contributed by atoms with Gasteiger partial charge in [0.1, 0.15) is 5.54 Å². The summed E-state index contributed by atoms with van der Waals surface area (Å²) in [5, 5.41) is 9.10. The van der Waals surface area contributed by atoms with E-state index in [4.69, 9.17) is 10.00 Å². The largest absolute Gasteiger partial charge is 0.463 e. The fourth-order valence-corrected chi connectivity index (χ4v) is 5.07. The second kappa shape index (κ2) is 9.30. The number of nitriles is 1. The van der Waals surface area contributed by atoms with Gasteiger partial charge in [0.25, 0.3) is 5.91 Å². The van der Waals surface area contributed by atoms with Crippen molar-refractivity contribution in [3.63, 3.8) is 0 Å². The first-order valence-corrected chi connectivity index (χ1v) is 11.5. The molecule has 1 amide bonds. The Kier molecular flexibility index (Phi) is 6.56. The van der Waals surface area contributed by atoms with Gasteiger partial charge in [-0.05, 0) is 68.2 Å². The summed E-state index contributed by atoms with van der Waals surface area (Å²) in [7, 11) is 0. The van der Waals surface area contributed by atoms with Crippen LogP contribution in [0.25, 0.3) is 6.08 Å². The number of carbonyl (C=O) groups excluding carboxylic acids is 2. The Morgan fingerprint density at radius 3 is 2.43 bits per heavy atom. The zero-order valence-electron chi connectivity index (χ0n) is 18.7. The first-order valence-electron chi connectivity index (χ1n) is 11.0. The lowest BCUT2D eigenvalue weighted by Crippen LogP contribution is -2.55. The second-order valence-corrected chi connectivity index (χ2v) is 8.75. The molecule has 1 unspecified atom stereocenters. The second-order valence-electron chi connectivity index (χ2n) is 8.29. The van der Waals surface area contributed by atoms with E-state index in [2.05, 4.69) is 12.6 Å². The minimum atomic E-state index is -4.74. The Morgan fingerprint density at radius 1 is 1.23 bits per heavy atom. The Balaban J connectivity index is 1.68. The minimum Gasteiger partial charge on any atom is -0.463 e. The Bertz CT molecular complexity index is 1220. The van der Waals surface area contributed by atoms with Gasteiger partial charge in [-0.15, -0.1) is 12.6 Å². The predicted octanol–water partition coefficient (Wildman–Crippen LogP) is 5.14. The van der Waals surface area contributed by atoms with E-state index in [9.17, 15) is 22.8 Å². The van der Waals surface area contributed by atoms with Crippen LogP contribution in [0.4, 0.5) is 24.5 Å². The van der Waals surface area contributed by atoms with Gasteiger partial charge >= 0.3 is 12.1 Å². The summed E-state index contributed by atoms with van der Waals surface area (Å²) in [6.07, 6.45) is 0.0843. The van der Waals surface area contributed by atoms with Crippen LogP contribution in [0, 0.1) is 11.3 Å². The molecule has 1 spiro atoms. The van der Waals surface area contributed by atoms with Crippen LogP contribution in [0.5, 0.6) is 0 Å². The number of benzene rings is 2. The Labute approximate surface area is 206 Å². The van der Waals surface area contributed by atoms with E-state index < -0.39 is 34.3 Å². The Hall–Kier alpha value is -3.45. The van der Waals surface area contributed by atoms with Gasteiger partial charge in [0.05, 0.1) is 23.8 Å². The molecule has 1 atom stereocenters. The summed E-state index contributed by atoms with van der Waals surface area (Å²) in [6, 6.07) is 11.9. The normalized spacial score (nSPS) is 19.2. The summed E-state index contributed by atoms with van der Waals surface area (Å²) in [6.45, 7) is 1.99. The van der Waals surface area contributed by atoms with Gasteiger partial charge in [-0.1, -0.05) is 12.1 Å². The highest BCUT2D eigenvalue weighted by Gasteiger charge is 2.60. The molecule has 1 aliphatic carbocycles. The third-order valence-corrected chi connectivity index (χ3v) is 6.76. The SMILES string of the molecule is CCOC(=O)/C=C/c1ccc(N2C(S)N(c3ccc(C#N)c(C(F)(F)F)c3)C(=O)C23CCC3)cc1. The zero-order valence-corrected chi connectivity index (χ0v) is 19.6. The maximum Gasteiger partial charge on any atom is 0.417 e. The standard InChI is InChI=1S/C25H22F3N3O3S/c1-2-34-21(32)11-6-16-4-8-18(9-5-16)31-23(35)30(22(33)24(31)12-3-13-24)19-10-7-17(15-29)20(14-19)25(26,27)28/h4-11,14,23,35H,2-3,12-13H2,1H3/b11-6+. The van der Waals surface area contributed by atoms with Gasteiger partial charge in [-0.3, -0.25) is 9.69 Å². The number of hydrogen-bond acceptors (Lipinski definition) is 6. The lowest BCUT2D eigenvalue weighted by molar-refractivity contribution is -0.138. The predicted molar refractivity (Wildman–Crippen MR) is 128 cm³/mol. The molecule has 2 aromatic carbocycles. The number of carbonyl (C=O) groups is 2. The number of thiol groups is 1. The number of halogens is 3. The van der Waals surface area contributed by atoms with Crippen molar-refractivity contribution in [3.8, 4) is 6.07 Å². The quantitative estimate of drug-likeness (QED) is 0.349. The van der Waals surface area contributed by atoms with Crippen LogP contribution in [0.1, 0.15) is 42.9 Å². The topological polar surface area (TPSA) is 73.6 Å². The number of alkyl halides is 3. The van der Waals surface area contributed by atoms with Crippen molar-refractivity contribution in [2.24, 2.45) is 0 Å². The molecule has 6 nitrogen and oxygen atoms in total. The summed E-state index contributed by atoms with van der Waals surface area (Å²) < 4.78 is 45.5. The van der Waals surface area contributed by atoms with Crippen LogP contribution < -0.4 is 9.80 Å². The van der Waals surface area contributed by atoms with Crippen molar-refractivity contribution in [1.82, 2.24) is 0 Å². The third kappa shape index (κ3) is 4.36. The van der Waals surface area contributed by atoms with E-state index in [0.29, 0.717) is 18.5 Å². The smallest absolute Gasteiger partial charge is 0.417 e. The molecule has 1 heterocycles. The maximum absolute atomic E-state index is 13.6. The van der Waals surface area contributed by atoms with Gasteiger partial charge in [-0.25, -0.2) is 4.79 Å². The lowest BCUT2D eigenvalue weighted by Gasteiger charge is -2.44. The molecule has 0 N–H and O–H groups in total. The molecule has 0 radical (unpaired) electrons. The molecule has 1 saturated carbocycles. The van der Waals surface area contributed by atoms with E-state index in [-0.39, 0.29) is 18.2 Å². The molecule has 2 aromatic rings. The van der Waals surface area contributed by atoms with Gasteiger partial charge in [-0.2, -0.15) is 18.4 Å². The highest BCUT2D eigenvalue weighted by atomic mass is 32.1. The molecule has 0 bridgehead atoms. The first-order chi connectivity index (χ1) is 16.6.